The van der Waals surface area contributed by atoms with Gasteiger partial charge in [-0.25, -0.2) is 0 Å². The molecule has 0 saturated heterocycles. The van der Waals surface area contributed by atoms with Crippen LogP contribution in [0.1, 0.15) is 27.6 Å². The van der Waals surface area contributed by atoms with E-state index in [1.54, 1.807) is 24.3 Å². The van der Waals surface area contributed by atoms with Crippen LogP contribution in [0.5, 0.6) is 0 Å². The van der Waals surface area contributed by atoms with Gasteiger partial charge in [0.05, 0.1) is 0 Å². The summed E-state index contributed by atoms with van der Waals surface area (Å²) in [7, 11) is 0. The van der Waals surface area contributed by atoms with Crippen molar-refractivity contribution in [2.75, 3.05) is 5.32 Å². The summed E-state index contributed by atoms with van der Waals surface area (Å²) in [5, 5.41) is 5.00. The molecule has 3 rings (SSSR count). The number of fused-ring (bicyclic) bond motifs is 1. The molecular weight excluding hydrogens is 274 g/mol. The SMILES string of the molecule is CC(=O)c1ccc(C(=O)Nc2cccc3ccccc23)cc1. The van der Waals surface area contributed by atoms with Crippen molar-refractivity contribution in [2.45, 2.75) is 6.92 Å². The molecule has 0 bridgehead atoms. The van der Waals surface area contributed by atoms with Gasteiger partial charge < -0.3 is 5.32 Å². The van der Waals surface area contributed by atoms with E-state index >= 15 is 0 Å². The van der Waals surface area contributed by atoms with Gasteiger partial charge in [0.15, 0.2) is 5.78 Å². The first-order chi connectivity index (χ1) is 10.6. The van der Waals surface area contributed by atoms with Crippen LogP contribution in [0.3, 0.4) is 0 Å². The summed E-state index contributed by atoms with van der Waals surface area (Å²) in [6.45, 7) is 1.51. The fourth-order valence-electron chi connectivity index (χ4n) is 2.39. The van der Waals surface area contributed by atoms with Crippen molar-refractivity contribution < 1.29 is 9.59 Å². The maximum Gasteiger partial charge on any atom is 0.255 e. The van der Waals surface area contributed by atoms with Gasteiger partial charge in [0.1, 0.15) is 0 Å². The van der Waals surface area contributed by atoms with Crippen LogP contribution < -0.4 is 5.32 Å². The highest BCUT2D eigenvalue weighted by molar-refractivity contribution is 6.09. The van der Waals surface area contributed by atoms with Crippen molar-refractivity contribution in [1.82, 2.24) is 0 Å². The number of carbonyl (C=O) groups is 2. The fourth-order valence-corrected chi connectivity index (χ4v) is 2.39. The largest absolute Gasteiger partial charge is 0.321 e. The highest BCUT2D eigenvalue weighted by Gasteiger charge is 2.09. The summed E-state index contributed by atoms with van der Waals surface area (Å²) in [5.74, 6) is -0.201. The Morgan fingerprint density at radius 2 is 1.41 bits per heavy atom. The minimum atomic E-state index is -0.188. The number of amides is 1. The normalized spacial score (nSPS) is 10.4. The molecule has 108 valence electrons. The van der Waals surface area contributed by atoms with Crippen molar-refractivity contribution in [2.24, 2.45) is 0 Å². The van der Waals surface area contributed by atoms with Crippen LogP contribution in [0.25, 0.3) is 10.8 Å². The Morgan fingerprint density at radius 1 is 0.773 bits per heavy atom. The Balaban J connectivity index is 1.88. The zero-order valence-corrected chi connectivity index (χ0v) is 12.2. The average Bonchev–Trinajstić information content (AvgIpc) is 2.55. The summed E-state index contributed by atoms with van der Waals surface area (Å²) >= 11 is 0. The lowest BCUT2D eigenvalue weighted by atomic mass is 10.1. The maximum absolute atomic E-state index is 12.3. The van der Waals surface area contributed by atoms with Crippen LogP contribution in [0.15, 0.2) is 66.7 Å². The van der Waals surface area contributed by atoms with Crippen molar-refractivity contribution in [3.8, 4) is 0 Å². The Bertz CT molecular complexity index is 845. The molecule has 0 radical (unpaired) electrons. The second-order valence-corrected chi connectivity index (χ2v) is 5.11. The molecule has 0 atom stereocenters. The third-order valence-corrected chi connectivity index (χ3v) is 3.59. The number of rotatable bonds is 3. The first-order valence-electron chi connectivity index (χ1n) is 7.05. The number of carbonyl (C=O) groups excluding carboxylic acids is 2. The number of hydrogen-bond donors (Lipinski definition) is 1. The number of hydrogen-bond acceptors (Lipinski definition) is 2. The van der Waals surface area contributed by atoms with Gasteiger partial charge in [-0.2, -0.15) is 0 Å². The molecule has 3 aromatic rings. The summed E-state index contributed by atoms with van der Waals surface area (Å²) in [6.07, 6.45) is 0. The van der Waals surface area contributed by atoms with Gasteiger partial charge in [-0.05, 0) is 30.5 Å². The highest BCUT2D eigenvalue weighted by Crippen LogP contribution is 2.23. The summed E-state index contributed by atoms with van der Waals surface area (Å²) in [6, 6.07) is 20.4. The second-order valence-electron chi connectivity index (χ2n) is 5.11. The first-order valence-corrected chi connectivity index (χ1v) is 7.05. The lowest BCUT2D eigenvalue weighted by Gasteiger charge is -2.09. The molecule has 0 aliphatic heterocycles. The zero-order valence-electron chi connectivity index (χ0n) is 12.2. The third kappa shape index (κ3) is 2.74. The second kappa shape index (κ2) is 5.82. The molecule has 22 heavy (non-hydrogen) atoms. The molecule has 3 aromatic carbocycles. The van der Waals surface area contributed by atoms with Crippen molar-refractivity contribution in [1.29, 1.82) is 0 Å². The van der Waals surface area contributed by atoms with E-state index in [0.29, 0.717) is 11.1 Å². The van der Waals surface area contributed by atoms with Crippen LogP contribution in [-0.2, 0) is 0 Å². The van der Waals surface area contributed by atoms with Crippen LogP contribution in [0, 0.1) is 0 Å². The molecular formula is C19H15NO2. The molecule has 3 nitrogen and oxygen atoms in total. The minimum Gasteiger partial charge on any atom is -0.321 e. The van der Waals surface area contributed by atoms with E-state index < -0.39 is 0 Å². The van der Waals surface area contributed by atoms with Gasteiger partial charge in [0.25, 0.3) is 5.91 Å². The van der Waals surface area contributed by atoms with E-state index in [0.717, 1.165) is 16.5 Å². The van der Waals surface area contributed by atoms with E-state index in [4.69, 9.17) is 0 Å². The van der Waals surface area contributed by atoms with E-state index in [-0.39, 0.29) is 11.7 Å². The van der Waals surface area contributed by atoms with E-state index in [1.807, 2.05) is 42.5 Å². The monoisotopic (exact) mass is 289 g/mol. The molecule has 0 heterocycles. The van der Waals surface area contributed by atoms with Gasteiger partial charge in [-0.3, -0.25) is 9.59 Å². The van der Waals surface area contributed by atoms with Crippen LogP contribution in [0.4, 0.5) is 5.69 Å². The zero-order chi connectivity index (χ0) is 15.5. The quantitative estimate of drug-likeness (QED) is 0.731. The van der Waals surface area contributed by atoms with Crippen molar-refractivity contribution in [3.05, 3.63) is 77.9 Å². The Kier molecular flexibility index (Phi) is 3.71. The highest BCUT2D eigenvalue weighted by atomic mass is 16.1. The van der Waals surface area contributed by atoms with Gasteiger partial charge in [0.2, 0.25) is 0 Å². The number of nitrogens with one attached hydrogen (secondary N) is 1. The first kappa shape index (κ1) is 14.0. The molecule has 0 unspecified atom stereocenters. The minimum absolute atomic E-state index is 0.0130. The van der Waals surface area contributed by atoms with Gasteiger partial charge in [-0.1, -0.05) is 48.5 Å². The molecule has 0 saturated carbocycles. The van der Waals surface area contributed by atoms with Crippen LogP contribution in [0.2, 0.25) is 0 Å². The predicted molar refractivity (Wildman–Crippen MR) is 88.3 cm³/mol. The Labute approximate surface area is 128 Å². The third-order valence-electron chi connectivity index (χ3n) is 3.59. The topological polar surface area (TPSA) is 46.2 Å². The average molecular weight is 289 g/mol. The van der Waals surface area contributed by atoms with Crippen molar-refractivity contribution >= 4 is 28.2 Å². The maximum atomic E-state index is 12.3. The lowest BCUT2D eigenvalue weighted by molar-refractivity contribution is 0.101. The summed E-state index contributed by atoms with van der Waals surface area (Å²) in [4.78, 5) is 23.6. The number of ketones is 1. The van der Waals surface area contributed by atoms with Gasteiger partial charge in [-0.15, -0.1) is 0 Å². The van der Waals surface area contributed by atoms with Gasteiger partial charge >= 0.3 is 0 Å². The molecule has 1 amide bonds. The summed E-state index contributed by atoms with van der Waals surface area (Å²) < 4.78 is 0. The standard InChI is InChI=1S/C19H15NO2/c1-13(21)14-9-11-16(12-10-14)19(22)20-18-8-4-6-15-5-2-3-7-17(15)18/h2-12H,1H3,(H,20,22). The smallest absolute Gasteiger partial charge is 0.255 e. The van der Waals surface area contributed by atoms with Gasteiger partial charge in [0, 0.05) is 22.2 Å². The van der Waals surface area contributed by atoms with Crippen LogP contribution >= 0.6 is 0 Å². The van der Waals surface area contributed by atoms with Crippen molar-refractivity contribution in [3.63, 3.8) is 0 Å². The molecule has 0 fully saturated rings. The molecule has 0 aliphatic carbocycles. The molecule has 0 aliphatic rings. The molecule has 3 heteroatoms. The summed E-state index contributed by atoms with van der Waals surface area (Å²) in [5.41, 5.74) is 1.90. The van der Waals surface area contributed by atoms with E-state index in [9.17, 15) is 9.59 Å². The Morgan fingerprint density at radius 3 is 2.14 bits per heavy atom. The molecule has 0 spiro atoms. The predicted octanol–water partition coefficient (Wildman–Crippen LogP) is 4.29. The van der Waals surface area contributed by atoms with E-state index in [1.165, 1.54) is 6.92 Å². The fraction of sp³-hybridized carbons (Fsp3) is 0.0526. The molecule has 0 aromatic heterocycles. The molecule has 1 N–H and O–H groups in total. The lowest BCUT2D eigenvalue weighted by Crippen LogP contribution is -2.12. The number of Topliss-reactive ketones (excluding diaryl/α,β-unsaturated/α-hetero) is 1. The van der Waals surface area contributed by atoms with Crippen LogP contribution in [-0.4, -0.2) is 11.7 Å². The number of benzene rings is 3. The Hall–Kier alpha value is -2.94. The van der Waals surface area contributed by atoms with E-state index in [2.05, 4.69) is 5.32 Å². The number of anilines is 1.